The molecule has 0 bridgehead atoms. The van der Waals surface area contributed by atoms with Crippen molar-refractivity contribution in [1.29, 1.82) is 0 Å². The number of aromatic nitrogens is 3. The minimum Gasteiger partial charge on any atom is -0.449 e. The number of piperidine rings is 1. The van der Waals surface area contributed by atoms with Crippen LogP contribution < -0.4 is 16.1 Å². The largest absolute Gasteiger partial charge is 0.449 e. The number of amides is 2. The van der Waals surface area contributed by atoms with Gasteiger partial charge in [0.2, 0.25) is 0 Å². The Balaban J connectivity index is 1.56. The van der Waals surface area contributed by atoms with Crippen LogP contribution in [0.25, 0.3) is 5.52 Å². The maximum absolute atomic E-state index is 14.8. The Bertz CT molecular complexity index is 1330. The monoisotopic (exact) mass is 545 g/mol. The zero-order valence-corrected chi connectivity index (χ0v) is 22.2. The average molecular weight is 546 g/mol. The third kappa shape index (κ3) is 6.79. The summed E-state index contributed by atoms with van der Waals surface area (Å²) in [6, 6.07) is 1.54. The molecule has 4 rings (SSSR count). The molecule has 1 aliphatic rings. The van der Waals surface area contributed by atoms with Gasteiger partial charge in [-0.15, -0.1) is 0 Å². The Kier molecular flexibility index (Phi) is 9.25. The van der Waals surface area contributed by atoms with Crippen LogP contribution in [0.4, 0.5) is 30.8 Å². The quantitative estimate of drug-likeness (QED) is 0.250. The summed E-state index contributed by atoms with van der Waals surface area (Å²) in [6.45, 7) is 7.16. The van der Waals surface area contributed by atoms with Crippen LogP contribution in [-0.2, 0) is 9.57 Å². The first kappa shape index (κ1) is 28.2. The smallest absolute Gasteiger partial charge is 0.411 e. The molecule has 1 saturated heterocycles. The summed E-state index contributed by atoms with van der Waals surface area (Å²) in [7, 11) is 1.21. The van der Waals surface area contributed by atoms with Gasteiger partial charge in [-0.05, 0) is 44.3 Å². The minimum atomic E-state index is -1.00. The van der Waals surface area contributed by atoms with Gasteiger partial charge in [-0.2, -0.15) is 5.10 Å². The first-order valence-electron chi connectivity index (χ1n) is 12.9. The SMILES string of the molecule is CONC(=O)c1cc(F)cc(F)c1Nc1ncnn2cc(NC(=O)OCCCN3CCCCC3)c(C(C)C)c12. The second-order valence-corrected chi connectivity index (χ2v) is 9.60. The van der Waals surface area contributed by atoms with E-state index in [-0.39, 0.29) is 29.6 Å². The normalized spacial score (nSPS) is 14.0. The van der Waals surface area contributed by atoms with Gasteiger partial charge in [0.15, 0.2) is 5.82 Å². The molecule has 13 heteroatoms. The van der Waals surface area contributed by atoms with Gasteiger partial charge >= 0.3 is 6.09 Å². The van der Waals surface area contributed by atoms with Crippen LogP contribution in [0.1, 0.15) is 61.4 Å². The number of benzene rings is 1. The Labute approximate surface area is 224 Å². The van der Waals surface area contributed by atoms with E-state index in [4.69, 9.17) is 4.74 Å². The lowest BCUT2D eigenvalue weighted by Crippen LogP contribution is -2.31. The van der Waals surface area contributed by atoms with Crippen molar-refractivity contribution in [3.8, 4) is 0 Å². The van der Waals surface area contributed by atoms with Gasteiger partial charge in [-0.3, -0.25) is 14.9 Å². The van der Waals surface area contributed by atoms with Crippen molar-refractivity contribution in [3.63, 3.8) is 0 Å². The molecule has 1 aliphatic heterocycles. The summed E-state index contributed by atoms with van der Waals surface area (Å²) in [5.74, 6) is -2.76. The molecule has 2 amide bonds. The molecule has 210 valence electrons. The number of hydrogen-bond acceptors (Lipinski definition) is 8. The van der Waals surface area contributed by atoms with E-state index >= 15 is 0 Å². The first-order valence-corrected chi connectivity index (χ1v) is 12.9. The Hall–Kier alpha value is -3.84. The maximum Gasteiger partial charge on any atom is 0.411 e. The molecule has 0 spiro atoms. The molecule has 0 aliphatic carbocycles. The molecule has 0 saturated carbocycles. The van der Waals surface area contributed by atoms with E-state index in [1.54, 1.807) is 6.20 Å². The fraction of sp³-hybridized carbons (Fsp3) is 0.462. The second-order valence-electron chi connectivity index (χ2n) is 9.60. The fourth-order valence-corrected chi connectivity index (χ4v) is 4.74. The van der Waals surface area contributed by atoms with Crippen LogP contribution in [0.3, 0.4) is 0 Å². The van der Waals surface area contributed by atoms with Gasteiger partial charge in [-0.25, -0.2) is 28.6 Å². The van der Waals surface area contributed by atoms with Crippen LogP contribution in [0.15, 0.2) is 24.7 Å². The Morgan fingerprint density at radius 1 is 1.15 bits per heavy atom. The third-order valence-corrected chi connectivity index (χ3v) is 6.47. The van der Waals surface area contributed by atoms with E-state index in [9.17, 15) is 18.4 Å². The summed E-state index contributed by atoms with van der Waals surface area (Å²) in [5, 5.41) is 9.81. The van der Waals surface area contributed by atoms with E-state index in [0.29, 0.717) is 22.8 Å². The van der Waals surface area contributed by atoms with Crippen LogP contribution in [-0.4, -0.2) is 64.8 Å². The molecule has 11 nitrogen and oxygen atoms in total. The Morgan fingerprint density at radius 3 is 2.64 bits per heavy atom. The number of likely N-dealkylation sites (tertiary alicyclic amines) is 1. The van der Waals surface area contributed by atoms with Crippen molar-refractivity contribution in [2.24, 2.45) is 0 Å². The zero-order valence-electron chi connectivity index (χ0n) is 22.2. The van der Waals surface area contributed by atoms with E-state index in [1.807, 2.05) is 13.8 Å². The molecule has 3 heterocycles. The molecule has 1 fully saturated rings. The number of carbonyl (C=O) groups is 2. The van der Waals surface area contributed by atoms with Crippen molar-refractivity contribution in [1.82, 2.24) is 25.0 Å². The number of fused-ring (bicyclic) bond motifs is 1. The number of hydroxylamine groups is 1. The standard InChI is InChI=1S/C26H33F2N7O4/c1-16(2)21-20(31-26(37)39-11-7-10-34-8-5-4-6-9-34)14-35-23(21)24(29-15-30-35)32-22-18(25(36)33-38-3)12-17(27)13-19(22)28/h12-16H,4-11H2,1-3H3,(H,31,37)(H,33,36)(H,29,30,32). The number of nitrogens with one attached hydrogen (secondary N) is 3. The van der Waals surface area contributed by atoms with Crippen molar-refractivity contribution in [3.05, 3.63) is 47.4 Å². The van der Waals surface area contributed by atoms with Crippen molar-refractivity contribution in [2.75, 3.05) is 44.0 Å². The van der Waals surface area contributed by atoms with E-state index in [2.05, 4.69) is 35.9 Å². The molecule has 0 unspecified atom stereocenters. The first-order chi connectivity index (χ1) is 18.8. The van der Waals surface area contributed by atoms with E-state index in [1.165, 1.54) is 37.2 Å². The lowest BCUT2D eigenvalue weighted by Gasteiger charge is -2.26. The molecule has 2 aromatic heterocycles. The van der Waals surface area contributed by atoms with E-state index in [0.717, 1.165) is 32.1 Å². The molecule has 0 atom stereocenters. The highest BCUT2D eigenvalue weighted by Gasteiger charge is 2.24. The third-order valence-electron chi connectivity index (χ3n) is 6.47. The summed E-state index contributed by atoms with van der Waals surface area (Å²) < 4.78 is 35.7. The average Bonchev–Trinajstić information content (AvgIpc) is 3.27. The van der Waals surface area contributed by atoms with Crippen LogP contribution >= 0.6 is 0 Å². The van der Waals surface area contributed by atoms with Crippen molar-refractivity contribution < 1.29 is 27.9 Å². The summed E-state index contributed by atoms with van der Waals surface area (Å²) in [6.07, 6.45) is 6.66. The van der Waals surface area contributed by atoms with Gasteiger partial charge in [0.1, 0.15) is 23.5 Å². The lowest BCUT2D eigenvalue weighted by atomic mass is 10.0. The number of hydrogen-bond donors (Lipinski definition) is 3. The van der Waals surface area contributed by atoms with Crippen LogP contribution in [0.2, 0.25) is 0 Å². The fourth-order valence-electron chi connectivity index (χ4n) is 4.74. The zero-order chi connectivity index (χ0) is 27.9. The predicted octanol–water partition coefficient (Wildman–Crippen LogP) is 4.59. The summed E-state index contributed by atoms with van der Waals surface area (Å²) >= 11 is 0. The Morgan fingerprint density at radius 2 is 1.92 bits per heavy atom. The van der Waals surface area contributed by atoms with Gasteiger partial charge < -0.3 is 15.0 Å². The number of anilines is 3. The summed E-state index contributed by atoms with van der Waals surface area (Å²) in [4.78, 5) is 36.2. The topological polar surface area (TPSA) is 122 Å². The van der Waals surface area contributed by atoms with Gasteiger partial charge in [0.25, 0.3) is 5.91 Å². The highest BCUT2D eigenvalue weighted by molar-refractivity contribution is 6.00. The number of carbonyl (C=O) groups excluding carboxylic acids is 2. The molecule has 39 heavy (non-hydrogen) atoms. The van der Waals surface area contributed by atoms with Gasteiger partial charge in [0, 0.05) is 18.2 Å². The number of halogens is 2. The molecule has 3 N–H and O–H groups in total. The second kappa shape index (κ2) is 12.8. The highest BCUT2D eigenvalue weighted by atomic mass is 19.1. The van der Waals surface area contributed by atoms with Crippen LogP contribution in [0.5, 0.6) is 0 Å². The van der Waals surface area contributed by atoms with E-state index < -0.39 is 23.6 Å². The van der Waals surface area contributed by atoms with Crippen molar-refractivity contribution >= 4 is 34.7 Å². The number of rotatable bonds is 10. The molecule has 1 aromatic carbocycles. The molecule has 3 aromatic rings. The van der Waals surface area contributed by atoms with Crippen LogP contribution in [0, 0.1) is 11.6 Å². The van der Waals surface area contributed by atoms with Crippen molar-refractivity contribution in [2.45, 2.75) is 45.4 Å². The number of nitrogens with zero attached hydrogens (tertiary/aromatic N) is 4. The molecular weight excluding hydrogens is 512 g/mol. The lowest BCUT2D eigenvalue weighted by molar-refractivity contribution is 0.0537. The molecule has 0 radical (unpaired) electrons. The minimum absolute atomic E-state index is 0.120. The molecular formula is C26H33F2N7O4. The summed E-state index contributed by atoms with van der Waals surface area (Å²) in [5.41, 5.74) is 2.99. The predicted molar refractivity (Wildman–Crippen MR) is 141 cm³/mol. The maximum atomic E-state index is 14.8. The van der Waals surface area contributed by atoms with Gasteiger partial charge in [0.05, 0.1) is 36.9 Å². The van der Waals surface area contributed by atoms with Gasteiger partial charge in [-0.1, -0.05) is 20.3 Å². The highest BCUT2D eigenvalue weighted by Crippen LogP contribution is 2.35. The number of ether oxygens (including phenoxy) is 1.